The van der Waals surface area contributed by atoms with E-state index in [0.717, 1.165) is 46.5 Å². The molecule has 0 radical (unpaired) electrons. The van der Waals surface area contributed by atoms with Gasteiger partial charge in [0, 0.05) is 33.4 Å². The lowest BCUT2D eigenvalue weighted by Gasteiger charge is -2.51. The van der Waals surface area contributed by atoms with Gasteiger partial charge in [0.15, 0.2) is 25.2 Å². The smallest absolute Gasteiger partial charge is 0.251 e. The molecule has 4 heterocycles. The van der Waals surface area contributed by atoms with Crippen LogP contribution in [-0.2, 0) is 52.3 Å². The maximum Gasteiger partial charge on any atom is 0.251 e. The van der Waals surface area contributed by atoms with Crippen LogP contribution in [0.3, 0.4) is 0 Å². The lowest BCUT2D eigenvalue weighted by atomic mass is 9.93. The van der Waals surface area contributed by atoms with Gasteiger partial charge in [0.2, 0.25) is 17.7 Å². The van der Waals surface area contributed by atoms with Gasteiger partial charge in [-0.05, 0) is 43.9 Å². The van der Waals surface area contributed by atoms with E-state index in [9.17, 15) is 65.1 Å². The summed E-state index contributed by atoms with van der Waals surface area (Å²) in [6, 6.07) is -0.0535. The molecule has 0 bridgehead atoms. The summed E-state index contributed by atoms with van der Waals surface area (Å²) < 4.78 is 53.1. The fourth-order valence-electron chi connectivity index (χ4n) is 9.37. The Morgan fingerprint density at radius 3 is 1.56 bits per heavy atom. The summed E-state index contributed by atoms with van der Waals surface area (Å²) in [5, 5.41) is 110. The predicted octanol–water partition coefficient (Wildman–Crippen LogP) is -3.54. The van der Waals surface area contributed by atoms with Crippen molar-refractivity contribution in [2.75, 3.05) is 40.1 Å². The van der Waals surface area contributed by atoms with Gasteiger partial charge in [0.1, 0.15) is 103 Å². The highest BCUT2D eigenvalue weighted by molar-refractivity contribution is 5.94. The third-order valence-electron chi connectivity index (χ3n) is 13.2. The van der Waals surface area contributed by atoms with Gasteiger partial charge in [-0.25, -0.2) is 0 Å². The number of nitrogens with one attached hydrogen (secondary N) is 4. The number of ether oxygens (including phenoxy) is 9. The first-order valence-corrected chi connectivity index (χ1v) is 25.4. The molecular weight excluding hydrogens is 997 g/mol. The van der Waals surface area contributed by atoms with E-state index in [1.807, 2.05) is 0 Å². The van der Waals surface area contributed by atoms with Crippen LogP contribution >= 0.6 is 0 Å². The van der Waals surface area contributed by atoms with Gasteiger partial charge in [-0.1, -0.05) is 44.4 Å². The summed E-state index contributed by atoms with van der Waals surface area (Å²) in [5.41, 5.74) is 0.0872. The number of carbonyl (C=O) groups excluding carboxylic acids is 4. The number of amides is 4. The minimum atomic E-state index is -1.93. The Hall–Kier alpha value is -4.04. The fourth-order valence-corrected chi connectivity index (χ4v) is 9.37. The van der Waals surface area contributed by atoms with Crippen molar-refractivity contribution in [3.05, 3.63) is 42.0 Å². The van der Waals surface area contributed by atoms with Crippen LogP contribution in [-0.4, -0.2) is 232 Å². The Balaban J connectivity index is 1.33. The number of hydrogen-bond donors (Lipinski definition) is 13. The molecule has 75 heavy (non-hydrogen) atoms. The van der Waals surface area contributed by atoms with Crippen LogP contribution in [0.5, 0.6) is 5.75 Å². The summed E-state index contributed by atoms with van der Waals surface area (Å²) in [6.45, 7) is 2.92. The van der Waals surface area contributed by atoms with Crippen molar-refractivity contribution in [2.45, 2.75) is 195 Å². The van der Waals surface area contributed by atoms with Crippen molar-refractivity contribution < 1.29 is 108 Å². The fraction of sp³-hybridized carbons (Fsp3) is 0.755. The quantitative estimate of drug-likeness (QED) is 0.0316. The molecule has 26 nitrogen and oxygen atoms in total. The first-order valence-electron chi connectivity index (χ1n) is 25.4. The molecular formula is C49H78N4O22. The van der Waals surface area contributed by atoms with Crippen molar-refractivity contribution in [3.8, 4) is 5.75 Å². The molecule has 4 fully saturated rings. The van der Waals surface area contributed by atoms with Crippen LogP contribution in [0.15, 0.2) is 36.4 Å². The zero-order valence-electron chi connectivity index (χ0n) is 42.8. The summed E-state index contributed by atoms with van der Waals surface area (Å²) in [5.74, 6) is -2.49. The van der Waals surface area contributed by atoms with Crippen molar-refractivity contribution in [3.63, 3.8) is 0 Å². The van der Waals surface area contributed by atoms with Crippen molar-refractivity contribution >= 4 is 23.6 Å². The molecule has 0 aliphatic carbocycles. The summed E-state index contributed by atoms with van der Waals surface area (Å²) in [7, 11) is 1.30. The Kier molecular flexibility index (Phi) is 24.9. The zero-order valence-corrected chi connectivity index (χ0v) is 42.8. The van der Waals surface area contributed by atoms with E-state index in [0.29, 0.717) is 12.4 Å². The average molecular weight is 1080 g/mol. The van der Waals surface area contributed by atoms with Gasteiger partial charge < -0.3 is 110 Å². The molecule has 1 aromatic rings. The van der Waals surface area contributed by atoms with Crippen molar-refractivity contribution in [2.24, 2.45) is 0 Å². The van der Waals surface area contributed by atoms with Crippen LogP contribution in [0.1, 0.15) is 83.0 Å². The van der Waals surface area contributed by atoms with Crippen LogP contribution < -0.4 is 26.0 Å². The molecule has 426 valence electrons. The van der Waals surface area contributed by atoms with Gasteiger partial charge in [-0.2, -0.15) is 0 Å². The lowest BCUT2D eigenvalue weighted by molar-refractivity contribution is -0.362. The monoisotopic (exact) mass is 1070 g/mol. The van der Waals surface area contributed by atoms with Gasteiger partial charge in [0.25, 0.3) is 5.91 Å². The number of benzene rings is 1. The number of rotatable bonds is 26. The number of carbonyl (C=O) groups is 4. The van der Waals surface area contributed by atoms with E-state index in [4.69, 9.17) is 42.6 Å². The van der Waals surface area contributed by atoms with Crippen LogP contribution in [0, 0.1) is 0 Å². The number of methoxy groups -OCH3 is 1. The number of hydrogen-bond acceptors (Lipinski definition) is 22. The third kappa shape index (κ3) is 16.7. The third-order valence-corrected chi connectivity index (χ3v) is 13.2. The highest BCUT2D eigenvalue weighted by Crippen LogP contribution is 2.35. The molecule has 13 N–H and O–H groups in total. The van der Waals surface area contributed by atoms with Crippen LogP contribution in [0.2, 0.25) is 0 Å². The molecule has 4 saturated heterocycles. The molecule has 0 spiro atoms. The molecule has 26 heteroatoms. The summed E-state index contributed by atoms with van der Waals surface area (Å²) in [6.07, 6.45) is -15.3. The van der Waals surface area contributed by atoms with E-state index in [-0.39, 0.29) is 12.2 Å². The van der Waals surface area contributed by atoms with Crippen LogP contribution in [0.25, 0.3) is 0 Å². The van der Waals surface area contributed by atoms with E-state index in [2.05, 4.69) is 40.3 Å². The van der Waals surface area contributed by atoms with E-state index >= 15 is 0 Å². The molecule has 4 aliphatic heterocycles. The highest BCUT2D eigenvalue weighted by atomic mass is 16.8. The SMILES string of the molecule is CCCCCC/C=C\CCCOc1cccc(C(=O)NC2C(OC3C(CO)OC(OC4C(CO)OC(OC5C(COC)OC(O)C(NC(C)=O)C5O)C(NC(C)=O)C4O)C(NC(C)=O)C3O)OC(CO)C(O)C2O)c1. The average Bonchev–Trinajstić information content (AvgIpc) is 3.37. The van der Waals surface area contributed by atoms with Gasteiger partial charge in [0.05, 0.1) is 33.0 Å². The van der Waals surface area contributed by atoms with Gasteiger partial charge in [-0.3, -0.25) is 19.2 Å². The second-order valence-corrected chi connectivity index (χ2v) is 19.0. The minimum Gasteiger partial charge on any atom is -0.494 e. The molecule has 1 aromatic carbocycles. The molecule has 4 aliphatic rings. The molecule has 0 aromatic heterocycles. The largest absolute Gasteiger partial charge is 0.494 e. The van der Waals surface area contributed by atoms with Gasteiger partial charge >= 0.3 is 0 Å². The summed E-state index contributed by atoms with van der Waals surface area (Å²) >= 11 is 0. The van der Waals surface area contributed by atoms with Crippen molar-refractivity contribution in [1.82, 2.24) is 21.3 Å². The Labute approximate surface area is 434 Å². The second kappa shape index (κ2) is 30.2. The zero-order chi connectivity index (χ0) is 54.9. The predicted molar refractivity (Wildman–Crippen MR) is 258 cm³/mol. The van der Waals surface area contributed by atoms with Crippen LogP contribution in [0.4, 0.5) is 0 Å². The topological polar surface area (TPSA) is 382 Å². The first kappa shape index (κ1) is 61.8. The number of aliphatic hydroxyl groups excluding tert-OH is 9. The number of allylic oxidation sites excluding steroid dienone is 2. The standard InChI is InChI=1S/C49H78N4O22/c1-6-7-8-9-10-11-12-13-14-18-68-28-17-15-16-27(19-28)45(65)53-34-38(61)37(60)29(20-54)70-47(34)73-42-30(21-55)71-48(35(40(42)63)51-25(3)58)74-43-31(22-56)72-49(36(41(43)64)52-26(4)59)75-44-32(23-67-5)69-46(66)33(39(44)62)50-24(2)57/h11-12,15-17,19,29-44,46-49,54-56,60-64,66H,6-10,13-14,18,20-23H2,1-5H3,(H,50,57)(H,51,58)(H,52,59)(H,53,65)/b12-11-. The molecule has 0 saturated carbocycles. The first-order chi connectivity index (χ1) is 35.9. The minimum absolute atomic E-state index is 0.0872. The normalized spacial score (nSPS) is 36.1. The Morgan fingerprint density at radius 1 is 0.573 bits per heavy atom. The van der Waals surface area contributed by atoms with Crippen molar-refractivity contribution in [1.29, 1.82) is 0 Å². The molecule has 20 unspecified atom stereocenters. The lowest BCUT2D eigenvalue weighted by Crippen LogP contribution is -2.71. The molecule has 4 amide bonds. The Bertz CT molecular complexity index is 1970. The molecule has 20 atom stereocenters. The Morgan fingerprint density at radius 2 is 1.05 bits per heavy atom. The maximum absolute atomic E-state index is 13.8. The highest BCUT2D eigenvalue weighted by Gasteiger charge is 2.56. The number of aliphatic hydroxyl groups is 9. The van der Waals surface area contributed by atoms with E-state index < -0.39 is 166 Å². The molecule has 5 rings (SSSR count). The summed E-state index contributed by atoms with van der Waals surface area (Å²) in [4.78, 5) is 51.1. The van der Waals surface area contributed by atoms with E-state index in [1.165, 1.54) is 38.5 Å². The van der Waals surface area contributed by atoms with E-state index in [1.54, 1.807) is 12.1 Å². The number of unbranched alkanes of at least 4 members (excludes halogenated alkanes) is 5. The van der Waals surface area contributed by atoms with Gasteiger partial charge in [-0.15, -0.1) is 0 Å². The second-order valence-electron chi connectivity index (χ2n) is 19.0. The maximum atomic E-state index is 13.8.